The smallest absolute Gasteiger partial charge is 0.224 e. The van der Waals surface area contributed by atoms with Gasteiger partial charge < -0.3 is 5.32 Å². The Hall–Kier alpha value is -2.72. The lowest BCUT2D eigenvalue weighted by Crippen LogP contribution is -2.14. The number of nitrogens with one attached hydrogen (secondary N) is 1. The van der Waals surface area contributed by atoms with E-state index in [4.69, 9.17) is 11.6 Å². The van der Waals surface area contributed by atoms with Crippen LogP contribution >= 0.6 is 11.6 Å². The molecule has 0 unspecified atom stereocenters. The monoisotopic (exact) mass is 338 g/mol. The van der Waals surface area contributed by atoms with Crippen LogP contribution in [-0.4, -0.2) is 16.7 Å². The Bertz CT molecular complexity index is 886. The van der Waals surface area contributed by atoms with Crippen molar-refractivity contribution in [2.24, 2.45) is 0 Å². The molecule has 0 saturated heterocycles. The number of benzene rings is 2. The molecule has 1 N–H and O–H groups in total. The molecule has 0 aliphatic rings. The molecule has 0 atom stereocenters. The van der Waals surface area contributed by atoms with Gasteiger partial charge in [0.2, 0.25) is 5.91 Å². The van der Waals surface area contributed by atoms with Crippen LogP contribution < -0.4 is 5.32 Å². The van der Waals surface area contributed by atoms with Gasteiger partial charge in [0.25, 0.3) is 0 Å². The summed E-state index contributed by atoms with van der Waals surface area (Å²) in [6.45, 7) is 0. The highest BCUT2D eigenvalue weighted by atomic mass is 35.5. The lowest BCUT2D eigenvalue weighted by molar-refractivity contribution is -0.116. The summed E-state index contributed by atoms with van der Waals surface area (Å²) >= 11 is 5.80. The van der Waals surface area contributed by atoms with Crippen LogP contribution in [0.2, 0.25) is 5.02 Å². The molecule has 5 heteroatoms. The standard InChI is InChI=1S/C19H15ClN2O2/c20-15-8-6-13(7-9-15)17(23)10-11-18(24)22-16-5-1-3-14-4-2-12-21-19(14)16/h1-9,12H,10-11H2,(H,22,24). The van der Waals surface area contributed by atoms with Crippen molar-refractivity contribution in [1.29, 1.82) is 0 Å². The minimum absolute atomic E-state index is 0.0853. The fourth-order valence-electron chi connectivity index (χ4n) is 2.42. The van der Waals surface area contributed by atoms with Crippen molar-refractivity contribution in [2.45, 2.75) is 12.8 Å². The first-order valence-electron chi connectivity index (χ1n) is 7.56. The lowest BCUT2D eigenvalue weighted by Gasteiger charge is -2.08. The van der Waals surface area contributed by atoms with Gasteiger partial charge in [0.15, 0.2) is 5.78 Å². The van der Waals surface area contributed by atoms with Crippen molar-refractivity contribution < 1.29 is 9.59 Å². The molecule has 0 radical (unpaired) electrons. The van der Waals surface area contributed by atoms with Gasteiger partial charge in [0.05, 0.1) is 11.2 Å². The molecular weight excluding hydrogens is 324 g/mol. The van der Waals surface area contributed by atoms with E-state index in [1.54, 1.807) is 36.5 Å². The molecule has 0 spiro atoms. The van der Waals surface area contributed by atoms with Crippen molar-refractivity contribution in [1.82, 2.24) is 4.98 Å². The molecule has 1 aromatic heterocycles. The molecule has 0 saturated carbocycles. The van der Waals surface area contributed by atoms with E-state index in [1.165, 1.54) is 0 Å². The van der Waals surface area contributed by atoms with Gasteiger partial charge in [-0.15, -0.1) is 0 Å². The maximum Gasteiger partial charge on any atom is 0.224 e. The van der Waals surface area contributed by atoms with E-state index in [0.29, 0.717) is 16.3 Å². The molecule has 24 heavy (non-hydrogen) atoms. The summed E-state index contributed by atoms with van der Waals surface area (Å²) < 4.78 is 0. The second-order valence-corrected chi connectivity index (χ2v) is 5.80. The van der Waals surface area contributed by atoms with E-state index in [9.17, 15) is 9.59 Å². The first-order chi connectivity index (χ1) is 11.6. The molecule has 4 nitrogen and oxygen atoms in total. The van der Waals surface area contributed by atoms with Gasteiger partial charge in [-0.3, -0.25) is 14.6 Å². The molecule has 1 heterocycles. The lowest BCUT2D eigenvalue weighted by atomic mass is 10.1. The van der Waals surface area contributed by atoms with Gasteiger partial charge in [-0.05, 0) is 36.4 Å². The summed E-state index contributed by atoms with van der Waals surface area (Å²) in [5.41, 5.74) is 1.94. The number of fused-ring (bicyclic) bond motifs is 1. The molecule has 1 amide bonds. The number of rotatable bonds is 5. The number of carbonyl (C=O) groups excluding carboxylic acids is 2. The largest absolute Gasteiger partial charge is 0.324 e. The fraction of sp³-hybridized carbons (Fsp3) is 0.105. The molecule has 0 aliphatic carbocycles. The van der Waals surface area contributed by atoms with Crippen LogP contribution in [0.4, 0.5) is 5.69 Å². The molecule has 0 aliphatic heterocycles. The normalized spacial score (nSPS) is 10.5. The molecule has 3 rings (SSSR count). The van der Waals surface area contributed by atoms with Crippen LogP contribution in [0.15, 0.2) is 60.8 Å². The van der Waals surface area contributed by atoms with E-state index in [0.717, 1.165) is 10.9 Å². The van der Waals surface area contributed by atoms with E-state index in [-0.39, 0.29) is 24.5 Å². The second kappa shape index (κ2) is 7.23. The summed E-state index contributed by atoms with van der Waals surface area (Å²) in [4.78, 5) is 28.5. The Morgan fingerprint density at radius 1 is 0.958 bits per heavy atom. The van der Waals surface area contributed by atoms with Gasteiger partial charge in [-0.1, -0.05) is 29.8 Å². The maximum absolute atomic E-state index is 12.1. The Morgan fingerprint density at radius 3 is 2.50 bits per heavy atom. The summed E-state index contributed by atoms with van der Waals surface area (Å²) in [6.07, 6.45) is 1.94. The van der Waals surface area contributed by atoms with Gasteiger partial charge in [0, 0.05) is 35.0 Å². The summed E-state index contributed by atoms with van der Waals surface area (Å²) in [5, 5.41) is 4.35. The number of hydrogen-bond acceptors (Lipinski definition) is 3. The van der Waals surface area contributed by atoms with Crippen LogP contribution in [0.25, 0.3) is 10.9 Å². The highest BCUT2D eigenvalue weighted by Crippen LogP contribution is 2.21. The number of carbonyl (C=O) groups is 2. The van der Waals surface area contributed by atoms with Gasteiger partial charge in [0.1, 0.15) is 0 Å². The maximum atomic E-state index is 12.1. The number of nitrogens with zero attached hydrogens (tertiary/aromatic N) is 1. The van der Waals surface area contributed by atoms with Gasteiger partial charge in [-0.2, -0.15) is 0 Å². The predicted octanol–water partition coefficient (Wildman–Crippen LogP) is 4.49. The van der Waals surface area contributed by atoms with E-state index in [2.05, 4.69) is 10.3 Å². The number of aromatic nitrogens is 1. The first-order valence-corrected chi connectivity index (χ1v) is 7.93. The number of hydrogen-bond donors (Lipinski definition) is 1. The van der Waals surface area contributed by atoms with Crippen LogP contribution in [0.5, 0.6) is 0 Å². The SMILES string of the molecule is O=C(CCC(=O)c1ccc(Cl)cc1)Nc1cccc2cccnc12. The molecular formula is C19H15ClN2O2. The third-order valence-corrected chi connectivity index (χ3v) is 3.90. The van der Waals surface area contributed by atoms with Crippen molar-refractivity contribution in [2.75, 3.05) is 5.32 Å². The summed E-state index contributed by atoms with van der Waals surface area (Å²) in [7, 11) is 0. The number of pyridine rings is 1. The number of halogens is 1. The third kappa shape index (κ3) is 3.78. The van der Waals surface area contributed by atoms with E-state index >= 15 is 0 Å². The quantitative estimate of drug-likeness (QED) is 0.697. The predicted molar refractivity (Wildman–Crippen MR) is 95.4 cm³/mol. The molecule has 3 aromatic rings. The van der Waals surface area contributed by atoms with Crippen molar-refractivity contribution in [3.63, 3.8) is 0 Å². The van der Waals surface area contributed by atoms with E-state index < -0.39 is 0 Å². The molecule has 0 bridgehead atoms. The zero-order valence-electron chi connectivity index (χ0n) is 12.8. The second-order valence-electron chi connectivity index (χ2n) is 5.36. The minimum atomic E-state index is -0.213. The van der Waals surface area contributed by atoms with Crippen LogP contribution in [0, 0.1) is 0 Å². The van der Waals surface area contributed by atoms with Gasteiger partial charge >= 0.3 is 0 Å². The average Bonchev–Trinajstić information content (AvgIpc) is 2.61. The molecule has 0 fully saturated rings. The number of para-hydroxylation sites is 1. The van der Waals surface area contributed by atoms with Crippen molar-refractivity contribution in [3.8, 4) is 0 Å². The zero-order valence-corrected chi connectivity index (χ0v) is 13.6. The number of Topliss-reactive ketones (excluding diaryl/α,β-unsaturated/α-hetero) is 1. The van der Waals surface area contributed by atoms with Crippen molar-refractivity contribution >= 4 is 39.9 Å². The highest BCUT2D eigenvalue weighted by molar-refractivity contribution is 6.30. The minimum Gasteiger partial charge on any atom is -0.324 e. The summed E-state index contributed by atoms with van der Waals surface area (Å²) in [5.74, 6) is -0.298. The Labute approximate surface area is 144 Å². The van der Waals surface area contributed by atoms with Gasteiger partial charge in [-0.25, -0.2) is 0 Å². The van der Waals surface area contributed by atoms with Crippen LogP contribution in [-0.2, 0) is 4.79 Å². The first kappa shape index (κ1) is 16.1. The Morgan fingerprint density at radius 2 is 1.71 bits per heavy atom. The Balaban J connectivity index is 1.63. The average molecular weight is 339 g/mol. The number of amides is 1. The fourth-order valence-corrected chi connectivity index (χ4v) is 2.55. The number of ketones is 1. The molecule has 2 aromatic carbocycles. The summed E-state index contributed by atoms with van der Waals surface area (Å²) in [6, 6.07) is 16.0. The molecule has 120 valence electrons. The topological polar surface area (TPSA) is 59.1 Å². The zero-order chi connectivity index (χ0) is 16.9. The third-order valence-electron chi connectivity index (χ3n) is 3.65. The number of anilines is 1. The van der Waals surface area contributed by atoms with Crippen LogP contribution in [0.3, 0.4) is 0 Å². The van der Waals surface area contributed by atoms with Crippen LogP contribution in [0.1, 0.15) is 23.2 Å². The van der Waals surface area contributed by atoms with Crippen molar-refractivity contribution in [3.05, 3.63) is 71.4 Å². The van der Waals surface area contributed by atoms with E-state index in [1.807, 2.05) is 24.3 Å². The Kier molecular flexibility index (Phi) is 4.87. The highest BCUT2D eigenvalue weighted by Gasteiger charge is 2.11.